The van der Waals surface area contributed by atoms with Crippen molar-refractivity contribution in [3.05, 3.63) is 132 Å². The monoisotopic (exact) mass is 1470 g/mol. The van der Waals surface area contributed by atoms with Gasteiger partial charge in [-0.2, -0.15) is 0 Å². The quantitative estimate of drug-likeness (QED) is 0.0249. The van der Waals surface area contributed by atoms with Crippen molar-refractivity contribution in [3.63, 3.8) is 0 Å². The van der Waals surface area contributed by atoms with Gasteiger partial charge in [0.1, 0.15) is 13.2 Å². The van der Waals surface area contributed by atoms with Gasteiger partial charge >= 0.3 is 23.9 Å². The molecule has 0 saturated heterocycles. The van der Waals surface area contributed by atoms with Crippen molar-refractivity contribution in [2.45, 2.75) is 332 Å². The van der Waals surface area contributed by atoms with Gasteiger partial charge in [0.25, 0.3) is 0 Å². The Kier molecular flexibility index (Phi) is 88.6. The molecular weight excluding hydrogens is 1290 g/mol. The molecule has 3 aromatic carbocycles. The zero-order valence-corrected chi connectivity index (χ0v) is 76.0. The Hall–Kier alpha value is -4.80. The van der Waals surface area contributed by atoms with E-state index < -0.39 is 8.07 Å². The fourth-order valence-corrected chi connectivity index (χ4v) is 10.1. The van der Waals surface area contributed by atoms with Crippen LogP contribution in [0.25, 0.3) is 0 Å². The van der Waals surface area contributed by atoms with Crippen molar-refractivity contribution >= 4 is 32.0 Å². The fourth-order valence-electron chi connectivity index (χ4n) is 7.51. The highest BCUT2D eigenvalue weighted by Crippen LogP contribution is 2.28. The summed E-state index contributed by atoms with van der Waals surface area (Å²) in [6.45, 7) is 88.4. The number of allylic oxidation sites excluding steroid dienone is 1. The Balaban J connectivity index is -0.000000136. The molecule has 3 aromatic rings. The Morgan fingerprint density at radius 3 is 1.01 bits per heavy atom. The van der Waals surface area contributed by atoms with E-state index in [-0.39, 0.29) is 54.2 Å². The average Bonchev–Trinajstić information content (AvgIpc) is 0.911. The van der Waals surface area contributed by atoms with Crippen LogP contribution in [0, 0.1) is 88.8 Å². The van der Waals surface area contributed by atoms with Gasteiger partial charge < -0.3 is 24.1 Å². The standard InChI is InChI=1S/C11H14O2.C11H22O2.C11H16O.C10H14.C9H22Si.C8H16O2.C7H12O2.C7H16.C6H12.C5H12.2C4H10/c1-9(2)11(12)13-8-10-6-4-3-5-7-10;1-9(2)7-5-6-8-13-11(12)10(3)4;1-9(2)7-10-3-5-11(8-12)6-4-10;1-9(2)8-10-6-4-3-5-7-10;1-8(2)7-10(5,6)9(3)4;1-6(2)5-10-8(9)7(3)4;1-4-5-9-7(8)6(2)3;1-6(2)5-7(3)4;1-4-5-6(2)3;1-4-5(2)3;2*1-4(2)3/h3-7,9H,8H2,1-2H3;9-10H,5-8H2,1-4H3;3-6,9,12H,7-8H2,1-2H3;3-7,9H,8H2,1-2H3;8-9H,7H2,1-6H3;6-7H,5H2,1-4H3;4,6H,1,5H2,2-3H3;6-7H,5H2,1-4H3;4,6H,1,5H2,2-3H3;5H,4H2,1-3H3;2*4H,1-3H3. The van der Waals surface area contributed by atoms with Crippen molar-refractivity contribution < 1.29 is 43.2 Å². The molecule has 0 radical (unpaired) electrons. The third-order valence-electron chi connectivity index (χ3n) is 13.7. The van der Waals surface area contributed by atoms with Crippen LogP contribution in [0.4, 0.5) is 0 Å². The predicted octanol–water partition coefficient (Wildman–Crippen LogP) is 27.9. The van der Waals surface area contributed by atoms with Crippen molar-refractivity contribution in [2.24, 2.45) is 88.8 Å². The smallest absolute Gasteiger partial charge is 0.308 e. The number of aliphatic hydroxyl groups is 1. The second-order valence-corrected chi connectivity index (χ2v) is 39.9. The van der Waals surface area contributed by atoms with Crippen LogP contribution in [0.1, 0.15) is 303 Å². The van der Waals surface area contributed by atoms with E-state index in [1.54, 1.807) is 19.9 Å². The molecule has 0 aliphatic heterocycles. The maximum absolute atomic E-state index is 11.1. The molecule has 0 bridgehead atoms. The Morgan fingerprint density at radius 1 is 0.398 bits per heavy atom. The topological polar surface area (TPSA) is 125 Å². The number of rotatable bonds is 28. The molecule has 0 atom stereocenters. The van der Waals surface area contributed by atoms with E-state index in [1.165, 1.54) is 42.9 Å². The summed E-state index contributed by atoms with van der Waals surface area (Å²) in [5.41, 5.74) is 5.74. The lowest BCUT2D eigenvalue weighted by molar-refractivity contribution is -0.149. The van der Waals surface area contributed by atoms with Crippen molar-refractivity contribution in [2.75, 3.05) is 19.8 Å². The summed E-state index contributed by atoms with van der Waals surface area (Å²) < 4.78 is 19.7. The van der Waals surface area contributed by atoms with Crippen LogP contribution < -0.4 is 0 Å². The zero-order valence-electron chi connectivity index (χ0n) is 75.0. The van der Waals surface area contributed by atoms with Gasteiger partial charge in [-0.3, -0.25) is 19.2 Å². The van der Waals surface area contributed by atoms with Gasteiger partial charge in [0.05, 0.1) is 51.6 Å². The molecule has 0 saturated carbocycles. The van der Waals surface area contributed by atoms with Crippen LogP contribution in [0.15, 0.2) is 110 Å². The maximum atomic E-state index is 11.1. The molecular formula is C93H176O9Si. The highest BCUT2D eigenvalue weighted by molar-refractivity contribution is 6.78. The van der Waals surface area contributed by atoms with E-state index >= 15 is 0 Å². The number of unbranched alkanes of at least 4 members (excludes halogenated alkanes) is 1. The molecule has 0 heterocycles. The van der Waals surface area contributed by atoms with Gasteiger partial charge in [0, 0.05) is 0 Å². The number of esters is 4. The molecule has 0 fully saturated rings. The average molecular weight is 1470 g/mol. The highest BCUT2D eigenvalue weighted by atomic mass is 28.3. The van der Waals surface area contributed by atoms with E-state index in [2.05, 4.69) is 242 Å². The summed E-state index contributed by atoms with van der Waals surface area (Å²) in [5.74, 6) is 8.03. The van der Waals surface area contributed by atoms with Gasteiger partial charge in [-0.05, 0) is 126 Å². The second-order valence-electron chi connectivity index (χ2n) is 34.3. The first kappa shape index (κ1) is 117. The Morgan fingerprint density at radius 2 is 0.748 bits per heavy atom. The van der Waals surface area contributed by atoms with E-state index in [4.69, 9.17) is 24.1 Å². The third kappa shape index (κ3) is 111. The lowest BCUT2D eigenvalue weighted by Gasteiger charge is -2.28. The van der Waals surface area contributed by atoms with Gasteiger partial charge in [-0.25, -0.2) is 0 Å². The normalized spacial score (nSPS) is 10.5. The second kappa shape index (κ2) is 78.3. The molecule has 10 heteroatoms. The maximum Gasteiger partial charge on any atom is 0.308 e. The van der Waals surface area contributed by atoms with E-state index in [0.717, 1.165) is 95.6 Å². The Labute approximate surface area is 644 Å². The van der Waals surface area contributed by atoms with Crippen LogP contribution in [0.2, 0.25) is 24.7 Å². The molecule has 0 unspecified atom stereocenters. The van der Waals surface area contributed by atoms with Gasteiger partial charge in [-0.15, -0.1) is 6.58 Å². The molecule has 0 spiro atoms. The minimum absolute atomic E-state index is 0.00116. The first-order valence-corrected chi connectivity index (χ1v) is 43.4. The molecule has 0 amide bonds. The van der Waals surface area contributed by atoms with E-state index in [9.17, 15) is 19.2 Å². The lowest BCUT2D eigenvalue weighted by Crippen LogP contribution is -2.30. The summed E-state index contributed by atoms with van der Waals surface area (Å²) in [5, 5.41) is 8.81. The highest BCUT2D eigenvalue weighted by Gasteiger charge is 2.25. The third-order valence-corrected chi connectivity index (χ3v) is 18.7. The number of benzene rings is 3. The zero-order chi connectivity index (χ0) is 82.4. The summed E-state index contributed by atoms with van der Waals surface area (Å²) in [4.78, 5) is 43.6. The molecule has 3 rings (SSSR count). The molecule has 0 aliphatic rings. The van der Waals surface area contributed by atoms with Crippen LogP contribution >= 0.6 is 0 Å². The number of hydrogen-bond donors (Lipinski definition) is 1. The summed E-state index contributed by atoms with van der Waals surface area (Å²) in [6.07, 6.45) is 13.0. The number of carbonyl (C=O) groups is 4. The Bertz CT molecular complexity index is 2250. The summed E-state index contributed by atoms with van der Waals surface area (Å²) >= 11 is 0. The van der Waals surface area contributed by atoms with E-state index in [0.29, 0.717) is 38.3 Å². The number of ether oxygens (including phenoxy) is 4. The SMILES string of the molecule is C=CCC(C)C.C=CCOC(=O)C(C)C.CC(C)C.CC(C)C.CC(C)C(=O)OCc1ccccc1.CC(C)CC(C)C.CC(C)CCCCOC(=O)C(C)C.CC(C)COC(=O)C(C)C.CC(C)C[Si](C)(C)C(C)C.CC(C)Cc1ccc(CO)cc1.CC(C)Cc1ccccc1.CCC(C)C. The van der Waals surface area contributed by atoms with Gasteiger partial charge in [-0.1, -0.05) is 384 Å². The number of aliphatic hydroxyl groups excluding tert-OH is 1. The van der Waals surface area contributed by atoms with Crippen molar-refractivity contribution in [3.8, 4) is 0 Å². The first-order chi connectivity index (χ1) is 47.4. The molecule has 606 valence electrons. The molecule has 9 nitrogen and oxygen atoms in total. The summed E-state index contributed by atoms with van der Waals surface area (Å²) in [6, 6.07) is 29.9. The van der Waals surface area contributed by atoms with E-state index in [1.807, 2.05) is 104 Å². The van der Waals surface area contributed by atoms with Crippen LogP contribution in [0.3, 0.4) is 0 Å². The predicted molar refractivity (Wildman–Crippen MR) is 460 cm³/mol. The first-order valence-electron chi connectivity index (χ1n) is 40.1. The summed E-state index contributed by atoms with van der Waals surface area (Å²) in [7, 11) is -0.844. The largest absolute Gasteiger partial charge is 0.465 e. The van der Waals surface area contributed by atoms with Crippen molar-refractivity contribution in [1.82, 2.24) is 0 Å². The molecule has 0 aliphatic carbocycles. The lowest BCUT2D eigenvalue weighted by atomic mass is 10.0. The van der Waals surface area contributed by atoms with Crippen LogP contribution in [-0.4, -0.2) is 56.9 Å². The number of hydrogen-bond acceptors (Lipinski definition) is 9. The number of carbonyl (C=O) groups excluding carboxylic acids is 4. The van der Waals surface area contributed by atoms with Crippen molar-refractivity contribution in [1.29, 1.82) is 0 Å². The van der Waals surface area contributed by atoms with Crippen LogP contribution in [0.5, 0.6) is 0 Å². The molecule has 1 N–H and O–H groups in total. The van der Waals surface area contributed by atoms with Gasteiger partial charge in [0.15, 0.2) is 0 Å². The van der Waals surface area contributed by atoms with Gasteiger partial charge in [0.2, 0.25) is 0 Å². The minimum atomic E-state index is -0.844. The molecule has 0 aromatic heterocycles. The molecule has 103 heavy (non-hydrogen) atoms. The van der Waals surface area contributed by atoms with Crippen LogP contribution in [-0.2, 0) is 64.2 Å². The minimum Gasteiger partial charge on any atom is -0.465 e. The fraction of sp³-hybridized carbons (Fsp3) is 0.720.